The summed E-state index contributed by atoms with van der Waals surface area (Å²) < 4.78 is 5.66. The molecule has 4 unspecified atom stereocenters. The Balaban J connectivity index is 1.20. The largest absolute Gasteiger partial charge is 0.426 e. The molecule has 4 rings (SSSR count). The van der Waals surface area contributed by atoms with E-state index < -0.39 is 0 Å². The molecule has 3 aliphatic rings. The van der Waals surface area contributed by atoms with Crippen LogP contribution in [0, 0.1) is 42.4 Å². The summed E-state index contributed by atoms with van der Waals surface area (Å²) in [5, 5.41) is 0. The van der Waals surface area contributed by atoms with Gasteiger partial charge in [0.05, 0.1) is 5.92 Å². The highest BCUT2D eigenvalue weighted by atomic mass is 16.5. The molecule has 0 radical (unpaired) electrons. The van der Waals surface area contributed by atoms with Gasteiger partial charge in [0.2, 0.25) is 0 Å². The molecule has 1 aromatic carbocycles. The number of carbonyl (C=O) groups excluding carboxylic acids is 1. The van der Waals surface area contributed by atoms with Crippen LogP contribution in [-0.2, 0) is 4.79 Å². The zero-order valence-corrected chi connectivity index (χ0v) is 19.7. The number of carbonyl (C=O) groups is 1. The minimum Gasteiger partial charge on any atom is -0.426 e. The second kappa shape index (κ2) is 10.8. The molecule has 0 saturated heterocycles. The fraction of sp³-hybridized carbons (Fsp3) is 0.690. The van der Waals surface area contributed by atoms with Crippen molar-refractivity contribution < 1.29 is 9.53 Å². The van der Waals surface area contributed by atoms with E-state index in [1.54, 1.807) is 0 Å². The van der Waals surface area contributed by atoms with Gasteiger partial charge in [0.25, 0.3) is 0 Å². The average molecular weight is 423 g/mol. The third-order valence-corrected chi connectivity index (χ3v) is 8.75. The van der Waals surface area contributed by atoms with Gasteiger partial charge in [0.1, 0.15) is 5.75 Å². The molecule has 31 heavy (non-hydrogen) atoms. The first-order chi connectivity index (χ1) is 15.1. The highest BCUT2D eigenvalue weighted by Gasteiger charge is 2.39. The van der Waals surface area contributed by atoms with E-state index in [0.29, 0.717) is 5.75 Å². The highest BCUT2D eigenvalue weighted by Crippen LogP contribution is 2.49. The van der Waals surface area contributed by atoms with Crippen molar-refractivity contribution in [2.75, 3.05) is 0 Å². The van der Waals surface area contributed by atoms with E-state index >= 15 is 0 Å². The van der Waals surface area contributed by atoms with Crippen LogP contribution in [0.1, 0.15) is 89.5 Å². The van der Waals surface area contributed by atoms with E-state index in [1.165, 1.54) is 69.8 Å². The van der Waals surface area contributed by atoms with E-state index in [1.807, 2.05) is 24.3 Å². The van der Waals surface area contributed by atoms with Crippen molar-refractivity contribution in [3.05, 3.63) is 42.0 Å². The number of hydrogen-bond acceptors (Lipinski definition) is 2. The molecule has 2 heteroatoms. The number of fused-ring (bicyclic) bond motifs is 1. The first-order valence-corrected chi connectivity index (χ1v) is 13.0. The van der Waals surface area contributed by atoms with Crippen molar-refractivity contribution >= 4 is 5.97 Å². The highest BCUT2D eigenvalue weighted by molar-refractivity contribution is 5.75. The van der Waals surface area contributed by atoms with Crippen molar-refractivity contribution in [2.24, 2.45) is 35.5 Å². The second-order valence-corrected chi connectivity index (χ2v) is 10.8. The number of benzene rings is 1. The van der Waals surface area contributed by atoms with E-state index in [4.69, 9.17) is 4.74 Å². The first kappa shape index (κ1) is 22.6. The molecule has 0 N–H and O–H groups in total. The monoisotopic (exact) mass is 422 g/mol. The summed E-state index contributed by atoms with van der Waals surface area (Å²) in [7, 11) is 0. The van der Waals surface area contributed by atoms with Crippen molar-refractivity contribution in [3.8, 4) is 5.75 Å². The molecule has 0 aromatic heterocycles. The third-order valence-electron chi connectivity index (χ3n) is 8.75. The normalized spacial score (nSPS) is 33.7. The van der Waals surface area contributed by atoms with Gasteiger partial charge in [0, 0.05) is 0 Å². The Morgan fingerprint density at radius 2 is 1.48 bits per heavy atom. The Kier molecular flexibility index (Phi) is 7.91. The topological polar surface area (TPSA) is 26.3 Å². The Morgan fingerprint density at radius 3 is 2.19 bits per heavy atom. The summed E-state index contributed by atoms with van der Waals surface area (Å²) >= 11 is 0. The molecule has 0 heterocycles. The standard InChI is InChI=1S/C29H42O2/c1-3-4-5-6-22-9-10-27-20-26(16-15-25(27)19-22)23-11-13-24(14-12-23)29(30)31-28-17-7-21(2)8-18-28/h3-4,7-8,17-18,22-27H,5-6,9-16,19-20H2,1-2H3/b4-3+. The first-order valence-electron chi connectivity index (χ1n) is 13.0. The molecule has 0 bridgehead atoms. The minimum atomic E-state index is -0.0118. The smallest absolute Gasteiger partial charge is 0.314 e. The van der Waals surface area contributed by atoms with Gasteiger partial charge in [-0.3, -0.25) is 4.79 Å². The van der Waals surface area contributed by atoms with Gasteiger partial charge in [0.15, 0.2) is 0 Å². The molecule has 1 aromatic rings. The third kappa shape index (κ3) is 6.02. The van der Waals surface area contributed by atoms with Crippen molar-refractivity contribution in [1.29, 1.82) is 0 Å². The van der Waals surface area contributed by atoms with Gasteiger partial charge in [-0.05, 0) is 126 Å². The van der Waals surface area contributed by atoms with Crippen LogP contribution >= 0.6 is 0 Å². The summed E-state index contributed by atoms with van der Waals surface area (Å²) in [6.45, 7) is 4.19. The molecule has 170 valence electrons. The maximum absolute atomic E-state index is 12.6. The Hall–Kier alpha value is -1.57. The lowest BCUT2D eigenvalue weighted by Gasteiger charge is -2.45. The van der Waals surface area contributed by atoms with Crippen LogP contribution in [0.25, 0.3) is 0 Å². The lowest BCUT2D eigenvalue weighted by atomic mass is 9.60. The summed E-state index contributed by atoms with van der Waals surface area (Å²) in [6.07, 6.45) is 20.5. The molecule has 2 nitrogen and oxygen atoms in total. The predicted octanol–water partition coefficient (Wildman–Crippen LogP) is 7.90. The quantitative estimate of drug-likeness (QED) is 0.264. The lowest BCUT2D eigenvalue weighted by molar-refractivity contribution is -0.140. The Labute approximate surface area is 189 Å². The Bertz CT molecular complexity index is 726. The summed E-state index contributed by atoms with van der Waals surface area (Å²) in [6, 6.07) is 7.83. The molecule has 3 fully saturated rings. The maximum Gasteiger partial charge on any atom is 0.314 e. The van der Waals surface area contributed by atoms with Crippen LogP contribution in [0.2, 0.25) is 0 Å². The molecule has 3 aliphatic carbocycles. The van der Waals surface area contributed by atoms with Crippen LogP contribution in [0.15, 0.2) is 36.4 Å². The van der Waals surface area contributed by atoms with Crippen LogP contribution in [-0.4, -0.2) is 5.97 Å². The van der Waals surface area contributed by atoms with Gasteiger partial charge in [-0.25, -0.2) is 0 Å². The molecule has 0 aliphatic heterocycles. The van der Waals surface area contributed by atoms with Gasteiger partial charge in [-0.15, -0.1) is 0 Å². The van der Waals surface area contributed by atoms with Gasteiger partial charge < -0.3 is 4.74 Å². The molecule has 3 saturated carbocycles. The molecule has 0 amide bonds. The molecule has 0 spiro atoms. The molecular formula is C29H42O2. The number of aryl methyl sites for hydroxylation is 1. The van der Waals surface area contributed by atoms with Crippen LogP contribution < -0.4 is 4.74 Å². The van der Waals surface area contributed by atoms with Gasteiger partial charge in [-0.1, -0.05) is 36.3 Å². The second-order valence-electron chi connectivity index (χ2n) is 10.8. The zero-order chi connectivity index (χ0) is 21.6. The van der Waals surface area contributed by atoms with E-state index in [9.17, 15) is 4.79 Å². The van der Waals surface area contributed by atoms with E-state index in [2.05, 4.69) is 26.0 Å². The van der Waals surface area contributed by atoms with E-state index in [-0.39, 0.29) is 11.9 Å². The van der Waals surface area contributed by atoms with Gasteiger partial charge in [-0.2, -0.15) is 0 Å². The fourth-order valence-corrected chi connectivity index (χ4v) is 6.84. The van der Waals surface area contributed by atoms with Crippen molar-refractivity contribution in [2.45, 2.75) is 90.9 Å². The molecular weight excluding hydrogens is 380 g/mol. The summed E-state index contributed by atoms with van der Waals surface area (Å²) in [5.41, 5.74) is 1.19. The summed E-state index contributed by atoms with van der Waals surface area (Å²) in [4.78, 5) is 12.6. The number of allylic oxidation sites excluding steroid dienone is 2. The maximum atomic E-state index is 12.6. The van der Waals surface area contributed by atoms with Crippen LogP contribution in [0.3, 0.4) is 0 Å². The summed E-state index contributed by atoms with van der Waals surface area (Å²) in [5.74, 6) is 5.50. The SMILES string of the molecule is C/C=C/CCC1CCC2CC(C3CCC(C(=O)Oc4ccc(C)cc4)CC3)CCC2C1. The number of esters is 1. The van der Waals surface area contributed by atoms with Crippen LogP contribution in [0.4, 0.5) is 0 Å². The van der Waals surface area contributed by atoms with Crippen LogP contribution in [0.5, 0.6) is 5.75 Å². The van der Waals surface area contributed by atoms with Gasteiger partial charge >= 0.3 is 5.97 Å². The molecule has 4 atom stereocenters. The number of rotatable bonds is 6. The van der Waals surface area contributed by atoms with Crippen molar-refractivity contribution in [1.82, 2.24) is 0 Å². The minimum absolute atomic E-state index is 0.0118. The number of ether oxygens (including phenoxy) is 1. The number of hydrogen-bond donors (Lipinski definition) is 0. The van der Waals surface area contributed by atoms with E-state index in [0.717, 1.165) is 42.4 Å². The predicted molar refractivity (Wildman–Crippen MR) is 128 cm³/mol. The van der Waals surface area contributed by atoms with Crippen molar-refractivity contribution in [3.63, 3.8) is 0 Å². The zero-order valence-electron chi connectivity index (χ0n) is 19.7. The fourth-order valence-electron chi connectivity index (χ4n) is 6.84. The average Bonchev–Trinajstić information content (AvgIpc) is 2.80. The lowest BCUT2D eigenvalue weighted by Crippen LogP contribution is -2.35. The Morgan fingerprint density at radius 1 is 0.871 bits per heavy atom.